The molecule has 0 amide bonds. The molecule has 3 rings (SSSR count). The Morgan fingerprint density at radius 1 is 1.08 bits per heavy atom. The van der Waals surface area contributed by atoms with E-state index in [1.54, 1.807) is 6.07 Å². The summed E-state index contributed by atoms with van der Waals surface area (Å²) < 4.78 is 13.5. The fourth-order valence-electron chi connectivity index (χ4n) is 3.93. The number of nitrogens with one attached hydrogen (secondary N) is 2. The first-order valence-corrected chi connectivity index (χ1v) is 9.80. The zero-order valence-corrected chi connectivity index (χ0v) is 15.0. The van der Waals surface area contributed by atoms with Crippen molar-refractivity contribution in [3.63, 3.8) is 0 Å². The largest absolute Gasteiger partial charge is 0.352 e. The Hall–Kier alpha value is -1.62. The molecule has 25 heavy (non-hydrogen) atoms. The normalized spacial score (nSPS) is 25.6. The minimum absolute atomic E-state index is 0.156. The third kappa shape index (κ3) is 5.70. The molecule has 2 aliphatic rings. The summed E-state index contributed by atoms with van der Waals surface area (Å²) in [5.74, 6) is 1.16. The molecule has 0 heterocycles. The van der Waals surface area contributed by atoms with Gasteiger partial charge in [0, 0.05) is 24.3 Å². The molecule has 0 spiro atoms. The fraction of sp³-hybridized carbons (Fsp3) is 0.650. The van der Waals surface area contributed by atoms with E-state index in [4.69, 9.17) is 10.7 Å². The van der Waals surface area contributed by atoms with Crippen molar-refractivity contribution >= 4 is 11.6 Å². The Kier molecular flexibility index (Phi) is 6.68. The van der Waals surface area contributed by atoms with E-state index < -0.39 is 0 Å². The molecule has 2 atom stereocenters. The molecule has 0 unspecified atom stereocenters. The summed E-state index contributed by atoms with van der Waals surface area (Å²) in [6.07, 6.45) is 11.0. The van der Waals surface area contributed by atoms with Crippen molar-refractivity contribution in [1.29, 1.82) is 0 Å². The molecule has 4 nitrogen and oxygen atoms in total. The molecule has 1 aromatic carbocycles. The van der Waals surface area contributed by atoms with Crippen LogP contribution >= 0.6 is 0 Å². The predicted molar refractivity (Wildman–Crippen MR) is 102 cm³/mol. The lowest BCUT2D eigenvalue weighted by Crippen LogP contribution is -2.51. The van der Waals surface area contributed by atoms with Gasteiger partial charge in [0.1, 0.15) is 5.82 Å². The fourth-order valence-corrected chi connectivity index (χ4v) is 3.93. The van der Waals surface area contributed by atoms with Crippen LogP contribution in [0.5, 0.6) is 0 Å². The Morgan fingerprint density at radius 2 is 1.84 bits per heavy atom. The number of rotatable bonds is 4. The van der Waals surface area contributed by atoms with Crippen molar-refractivity contribution in [1.82, 2.24) is 5.32 Å². The molecule has 0 radical (unpaired) electrons. The standard InChI is InChI=1S/C20H31FN4/c21-16-9-6-10-17(13-16)24-20(23-14-15-7-2-1-3-8-15)25-19-12-5-4-11-18(19)22/h6,9-10,13,15,18-19H,1-5,7-8,11-12,14,22H2,(H2,23,24,25)/t18-,19-/m0/s1. The van der Waals surface area contributed by atoms with Gasteiger partial charge in [0.05, 0.1) is 0 Å². The van der Waals surface area contributed by atoms with Crippen LogP contribution < -0.4 is 16.4 Å². The van der Waals surface area contributed by atoms with E-state index in [9.17, 15) is 4.39 Å². The third-order valence-electron chi connectivity index (χ3n) is 5.46. The van der Waals surface area contributed by atoms with Gasteiger partial charge in [0.15, 0.2) is 5.96 Å². The van der Waals surface area contributed by atoms with Crippen LogP contribution in [0.2, 0.25) is 0 Å². The summed E-state index contributed by atoms with van der Waals surface area (Å²) in [5, 5.41) is 6.78. The van der Waals surface area contributed by atoms with Gasteiger partial charge in [-0.3, -0.25) is 4.99 Å². The zero-order chi connectivity index (χ0) is 17.5. The van der Waals surface area contributed by atoms with Crippen LogP contribution in [0.3, 0.4) is 0 Å². The van der Waals surface area contributed by atoms with Gasteiger partial charge in [-0.05, 0) is 49.8 Å². The lowest BCUT2D eigenvalue weighted by molar-refractivity contribution is 0.356. The van der Waals surface area contributed by atoms with Gasteiger partial charge in [0.25, 0.3) is 0 Å². The van der Waals surface area contributed by atoms with E-state index >= 15 is 0 Å². The second-order valence-corrected chi connectivity index (χ2v) is 7.53. The van der Waals surface area contributed by atoms with E-state index in [-0.39, 0.29) is 17.9 Å². The van der Waals surface area contributed by atoms with Crippen LogP contribution in [-0.2, 0) is 0 Å². The number of benzene rings is 1. The van der Waals surface area contributed by atoms with Gasteiger partial charge in [-0.15, -0.1) is 0 Å². The van der Waals surface area contributed by atoms with Crippen molar-refractivity contribution in [2.75, 3.05) is 11.9 Å². The second kappa shape index (κ2) is 9.18. The summed E-state index contributed by atoms with van der Waals surface area (Å²) in [4.78, 5) is 4.82. The molecular weight excluding hydrogens is 315 g/mol. The number of aliphatic imine (C=N–C) groups is 1. The van der Waals surface area contributed by atoms with E-state index in [2.05, 4.69) is 10.6 Å². The highest BCUT2D eigenvalue weighted by Gasteiger charge is 2.23. The lowest BCUT2D eigenvalue weighted by atomic mass is 9.89. The number of hydrogen-bond donors (Lipinski definition) is 3. The molecule has 0 aromatic heterocycles. The van der Waals surface area contributed by atoms with Crippen LogP contribution in [-0.4, -0.2) is 24.6 Å². The summed E-state index contributed by atoms with van der Waals surface area (Å²) in [5.41, 5.74) is 7.00. The summed E-state index contributed by atoms with van der Waals surface area (Å²) >= 11 is 0. The number of nitrogens with zero attached hydrogens (tertiary/aromatic N) is 1. The Morgan fingerprint density at radius 3 is 2.60 bits per heavy atom. The summed E-state index contributed by atoms with van der Waals surface area (Å²) in [6, 6.07) is 6.92. The quantitative estimate of drug-likeness (QED) is 0.570. The number of anilines is 1. The average Bonchev–Trinajstić information content (AvgIpc) is 2.62. The van der Waals surface area contributed by atoms with E-state index in [0.29, 0.717) is 5.92 Å². The van der Waals surface area contributed by atoms with Crippen molar-refractivity contribution in [2.24, 2.45) is 16.6 Å². The van der Waals surface area contributed by atoms with E-state index in [1.807, 2.05) is 6.07 Å². The van der Waals surface area contributed by atoms with Gasteiger partial charge in [-0.1, -0.05) is 38.2 Å². The topological polar surface area (TPSA) is 62.4 Å². The predicted octanol–water partition coefficient (Wildman–Crippen LogP) is 4.03. The van der Waals surface area contributed by atoms with Gasteiger partial charge in [-0.25, -0.2) is 4.39 Å². The lowest BCUT2D eigenvalue weighted by Gasteiger charge is -2.31. The van der Waals surface area contributed by atoms with Crippen LogP contribution in [0.25, 0.3) is 0 Å². The van der Waals surface area contributed by atoms with Crippen molar-refractivity contribution < 1.29 is 4.39 Å². The van der Waals surface area contributed by atoms with Crippen LogP contribution in [0.15, 0.2) is 29.3 Å². The van der Waals surface area contributed by atoms with Crippen molar-refractivity contribution in [2.45, 2.75) is 69.9 Å². The molecular formula is C20H31FN4. The first kappa shape index (κ1) is 18.2. The molecule has 0 aliphatic heterocycles. The van der Waals surface area contributed by atoms with Crippen LogP contribution in [0.4, 0.5) is 10.1 Å². The summed E-state index contributed by atoms with van der Waals surface area (Å²) in [7, 11) is 0. The van der Waals surface area contributed by atoms with Crippen LogP contribution in [0, 0.1) is 11.7 Å². The van der Waals surface area contributed by atoms with Gasteiger partial charge >= 0.3 is 0 Å². The molecule has 0 saturated heterocycles. The maximum atomic E-state index is 13.5. The van der Waals surface area contributed by atoms with Gasteiger partial charge in [-0.2, -0.15) is 0 Å². The molecule has 1 aromatic rings. The average molecular weight is 346 g/mol. The van der Waals surface area contributed by atoms with Crippen molar-refractivity contribution in [3.05, 3.63) is 30.1 Å². The van der Waals surface area contributed by atoms with Crippen molar-refractivity contribution in [3.8, 4) is 0 Å². The smallest absolute Gasteiger partial charge is 0.196 e. The maximum Gasteiger partial charge on any atom is 0.196 e. The molecule has 5 heteroatoms. The Balaban J connectivity index is 1.67. The monoisotopic (exact) mass is 346 g/mol. The molecule has 138 valence electrons. The minimum Gasteiger partial charge on any atom is -0.352 e. The number of hydrogen-bond acceptors (Lipinski definition) is 2. The minimum atomic E-state index is -0.244. The number of nitrogens with two attached hydrogens (primary N) is 1. The Bertz CT molecular complexity index is 569. The number of guanidine groups is 1. The second-order valence-electron chi connectivity index (χ2n) is 7.53. The molecule has 4 N–H and O–H groups in total. The first-order chi connectivity index (χ1) is 12.2. The molecule has 0 bridgehead atoms. The maximum absolute atomic E-state index is 13.5. The summed E-state index contributed by atoms with van der Waals surface area (Å²) in [6.45, 7) is 0.826. The van der Waals surface area contributed by atoms with Crippen LogP contribution in [0.1, 0.15) is 57.8 Å². The highest BCUT2D eigenvalue weighted by atomic mass is 19.1. The molecule has 2 fully saturated rings. The first-order valence-electron chi connectivity index (χ1n) is 9.80. The molecule has 2 saturated carbocycles. The molecule has 2 aliphatic carbocycles. The number of halogens is 1. The highest BCUT2D eigenvalue weighted by molar-refractivity contribution is 5.93. The highest BCUT2D eigenvalue weighted by Crippen LogP contribution is 2.24. The van der Waals surface area contributed by atoms with E-state index in [1.165, 1.54) is 57.1 Å². The Labute approximate surface area is 150 Å². The third-order valence-corrected chi connectivity index (χ3v) is 5.46. The van der Waals surface area contributed by atoms with Gasteiger partial charge < -0.3 is 16.4 Å². The zero-order valence-electron chi connectivity index (χ0n) is 15.0. The SMILES string of the molecule is N[C@H]1CCCC[C@@H]1NC(=NCC1CCCCC1)Nc1cccc(F)c1. The van der Waals surface area contributed by atoms with Gasteiger partial charge in [0.2, 0.25) is 0 Å². The van der Waals surface area contributed by atoms with E-state index in [0.717, 1.165) is 31.0 Å².